The summed E-state index contributed by atoms with van der Waals surface area (Å²) in [5, 5.41) is 9.78. The molecule has 0 spiro atoms. The van der Waals surface area contributed by atoms with E-state index >= 15 is 0 Å². The van der Waals surface area contributed by atoms with Crippen LogP contribution in [0.3, 0.4) is 0 Å². The number of carbonyl (C=O) groups is 2. The molecule has 6 heteroatoms. The van der Waals surface area contributed by atoms with E-state index < -0.39 is 0 Å². The lowest BCUT2D eigenvalue weighted by molar-refractivity contribution is 0.0530. The van der Waals surface area contributed by atoms with Gasteiger partial charge in [-0.1, -0.05) is 18.2 Å². The molecule has 1 aliphatic heterocycles. The van der Waals surface area contributed by atoms with Gasteiger partial charge in [0.05, 0.1) is 5.56 Å². The number of nitrogens with zero attached hydrogens (tertiary/aromatic N) is 3. The molecule has 1 fully saturated rings. The first-order valence-electron chi connectivity index (χ1n) is 7.44. The van der Waals surface area contributed by atoms with Crippen LogP contribution in [0, 0.1) is 0 Å². The number of phenols is 1. The molecule has 1 saturated heterocycles. The quantitative estimate of drug-likeness (QED) is 0.909. The predicted octanol–water partition coefficient (Wildman–Crippen LogP) is 1.39. The zero-order valence-electron chi connectivity index (χ0n) is 12.6. The van der Waals surface area contributed by atoms with Gasteiger partial charge in [-0.15, -0.1) is 0 Å². The summed E-state index contributed by atoms with van der Waals surface area (Å²) < 4.78 is 0. The van der Waals surface area contributed by atoms with Crippen molar-refractivity contribution in [1.82, 2.24) is 14.8 Å². The van der Waals surface area contributed by atoms with Gasteiger partial charge in [-0.05, 0) is 24.3 Å². The zero-order valence-corrected chi connectivity index (χ0v) is 12.6. The van der Waals surface area contributed by atoms with Gasteiger partial charge < -0.3 is 14.9 Å². The Balaban J connectivity index is 1.64. The van der Waals surface area contributed by atoms with Crippen molar-refractivity contribution >= 4 is 11.8 Å². The maximum absolute atomic E-state index is 12.4. The third-order valence-electron chi connectivity index (χ3n) is 3.87. The highest BCUT2D eigenvalue weighted by Gasteiger charge is 2.26. The highest BCUT2D eigenvalue weighted by molar-refractivity contribution is 5.97. The molecular formula is C17H17N3O3. The van der Waals surface area contributed by atoms with Gasteiger partial charge in [0.25, 0.3) is 11.8 Å². The van der Waals surface area contributed by atoms with Gasteiger partial charge in [-0.2, -0.15) is 0 Å². The van der Waals surface area contributed by atoms with Crippen LogP contribution in [0.4, 0.5) is 0 Å². The average molecular weight is 311 g/mol. The maximum atomic E-state index is 12.4. The van der Waals surface area contributed by atoms with E-state index in [0.29, 0.717) is 31.9 Å². The molecule has 1 N–H and O–H groups in total. The Morgan fingerprint density at radius 2 is 1.48 bits per heavy atom. The Morgan fingerprint density at radius 3 is 2.09 bits per heavy atom. The third-order valence-corrected chi connectivity index (χ3v) is 3.87. The van der Waals surface area contributed by atoms with Gasteiger partial charge in [-0.25, -0.2) is 0 Å². The second-order valence-electron chi connectivity index (χ2n) is 5.32. The summed E-state index contributed by atoms with van der Waals surface area (Å²) in [7, 11) is 0. The van der Waals surface area contributed by atoms with Gasteiger partial charge in [0.2, 0.25) is 0 Å². The molecular weight excluding hydrogens is 294 g/mol. The number of pyridine rings is 1. The molecule has 6 nitrogen and oxygen atoms in total. The summed E-state index contributed by atoms with van der Waals surface area (Å²) in [5.41, 5.74) is 0.699. The average Bonchev–Trinajstić information content (AvgIpc) is 2.62. The van der Waals surface area contributed by atoms with Crippen molar-refractivity contribution in [3.8, 4) is 5.75 Å². The second-order valence-corrected chi connectivity index (χ2v) is 5.32. The Labute approximate surface area is 134 Å². The number of amides is 2. The van der Waals surface area contributed by atoms with E-state index in [1.165, 1.54) is 6.07 Å². The number of aromatic nitrogens is 1. The van der Waals surface area contributed by atoms with Crippen LogP contribution in [0.15, 0.2) is 48.7 Å². The van der Waals surface area contributed by atoms with Gasteiger partial charge in [0.15, 0.2) is 0 Å². The molecule has 1 aromatic heterocycles. The van der Waals surface area contributed by atoms with Crippen molar-refractivity contribution in [2.24, 2.45) is 0 Å². The molecule has 0 bridgehead atoms. The molecule has 0 unspecified atom stereocenters. The number of hydrogen-bond donors (Lipinski definition) is 1. The molecule has 118 valence electrons. The number of piperazine rings is 1. The molecule has 0 saturated carbocycles. The summed E-state index contributed by atoms with van der Waals surface area (Å²) in [4.78, 5) is 32.1. The summed E-state index contributed by atoms with van der Waals surface area (Å²) in [6.07, 6.45) is 1.59. The van der Waals surface area contributed by atoms with E-state index in [4.69, 9.17) is 0 Å². The molecule has 2 aromatic rings. The molecule has 0 radical (unpaired) electrons. The van der Waals surface area contributed by atoms with Crippen LogP contribution in [0.1, 0.15) is 20.8 Å². The van der Waals surface area contributed by atoms with Crippen LogP contribution in [-0.2, 0) is 0 Å². The number of para-hydroxylation sites is 1. The Morgan fingerprint density at radius 1 is 0.870 bits per heavy atom. The van der Waals surface area contributed by atoms with Crippen LogP contribution in [-0.4, -0.2) is 57.9 Å². The van der Waals surface area contributed by atoms with Gasteiger partial charge in [0, 0.05) is 32.4 Å². The maximum Gasteiger partial charge on any atom is 0.272 e. The monoisotopic (exact) mass is 311 g/mol. The van der Waals surface area contributed by atoms with Crippen molar-refractivity contribution in [3.63, 3.8) is 0 Å². The molecule has 0 aliphatic carbocycles. The minimum absolute atomic E-state index is 0.0236. The van der Waals surface area contributed by atoms with Crippen molar-refractivity contribution in [3.05, 3.63) is 59.9 Å². The predicted molar refractivity (Wildman–Crippen MR) is 84.2 cm³/mol. The van der Waals surface area contributed by atoms with E-state index in [1.54, 1.807) is 52.4 Å². The lowest BCUT2D eigenvalue weighted by Gasteiger charge is -2.34. The number of hydrogen-bond acceptors (Lipinski definition) is 4. The lowest BCUT2D eigenvalue weighted by atomic mass is 10.1. The molecule has 23 heavy (non-hydrogen) atoms. The Kier molecular flexibility index (Phi) is 4.23. The van der Waals surface area contributed by atoms with Crippen LogP contribution in [0.2, 0.25) is 0 Å². The van der Waals surface area contributed by atoms with E-state index in [9.17, 15) is 14.7 Å². The first kappa shape index (κ1) is 15.0. The number of aromatic hydroxyl groups is 1. The van der Waals surface area contributed by atoms with Gasteiger partial charge in [0.1, 0.15) is 11.4 Å². The Bertz CT molecular complexity index is 710. The standard InChI is InChI=1S/C17H17N3O3/c21-15-7-2-1-5-13(15)16(22)19-9-11-20(12-10-19)17(23)14-6-3-4-8-18-14/h1-8,21H,9-12H2. The smallest absolute Gasteiger partial charge is 0.272 e. The number of benzene rings is 1. The fourth-order valence-corrected chi connectivity index (χ4v) is 2.59. The molecule has 2 heterocycles. The number of carbonyl (C=O) groups excluding carboxylic acids is 2. The molecule has 0 atom stereocenters. The van der Waals surface area contributed by atoms with Crippen molar-refractivity contribution < 1.29 is 14.7 Å². The lowest BCUT2D eigenvalue weighted by Crippen LogP contribution is -2.50. The van der Waals surface area contributed by atoms with Crippen LogP contribution < -0.4 is 0 Å². The van der Waals surface area contributed by atoms with Crippen molar-refractivity contribution in [2.45, 2.75) is 0 Å². The summed E-state index contributed by atoms with van der Waals surface area (Å²) in [6, 6.07) is 11.7. The number of rotatable bonds is 2. The van der Waals surface area contributed by atoms with E-state index in [0.717, 1.165) is 0 Å². The largest absolute Gasteiger partial charge is 0.507 e. The van der Waals surface area contributed by atoms with E-state index in [2.05, 4.69) is 4.98 Å². The van der Waals surface area contributed by atoms with Crippen molar-refractivity contribution in [2.75, 3.05) is 26.2 Å². The van der Waals surface area contributed by atoms with Crippen molar-refractivity contribution in [1.29, 1.82) is 0 Å². The SMILES string of the molecule is O=C(c1ccccn1)N1CCN(C(=O)c2ccccc2O)CC1. The first-order chi connectivity index (χ1) is 11.2. The third kappa shape index (κ3) is 3.15. The highest BCUT2D eigenvalue weighted by atomic mass is 16.3. The fraction of sp³-hybridized carbons (Fsp3) is 0.235. The number of phenolic OH excluding ortho intramolecular Hbond substituents is 1. The Hall–Kier alpha value is -2.89. The van der Waals surface area contributed by atoms with Gasteiger partial charge >= 0.3 is 0 Å². The van der Waals surface area contributed by atoms with E-state index in [1.807, 2.05) is 0 Å². The molecule has 3 rings (SSSR count). The fourth-order valence-electron chi connectivity index (χ4n) is 2.59. The molecule has 2 amide bonds. The highest BCUT2D eigenvalue weighted by Crippen LogP contribution is 2.19. The summed E-state index contributed by atoms with van der Waals surface area (Å²) >= 11 is 0. The zero-order chi connectivity index (χ0) is 16.2. The molecule has 1 aromatic carbocycles. The minimum Gasteiger partial charge on any atom is -0.507 e. The second kappa shape index (κ2) is 6.48. The van der Waals surface area contributed by atoms with Crippen LogP contribution in [0.25, 0.3) is 0 Å². The van der Waals surface area contributed by atoms with Crippen LogP contribution >= 0.6 is 0 Å². The summed E-state index contributed by atoms with van der Waals surface area (Å²) in [6.45, 7) is 1.78. The topological polar surface area (TPSA) is 73.7 Å². The van der Waals surface area contributed by atoms with Crippen LogP contribution in [0.5, 0.6) is 5.75 Å². The molecule has 1 aliphatic rings. The summed E-state index contributed by atoms with van der Waals surface area (Å²) in [5.74, 6) is -0.363. The first-order valence-corrected chi connectivity index (χ1v) is 7.44. The normalized spacial score (nSPS) is 14.6. The van der Waals surface area contributed by atoms with Gasteiger partial charge in [-0.3, -0.25) is 14.6 Å². The van der Waals surface area contributed by atoms with E-state index in [-0.39, 0.29) is 23.1 Å². The minimum atomic E-state index is -0.215.